The van der Waals surface area contributed by atoms with Crippen molar-refractivity contribution < 1.29 is 0 Å². The highest BCUT2D eigenvalue weighted by Gasteiger charge is 2.07. The van der Waals surface area contributed by atoms with Gasteiger partial charge in [-0.1, -0.05) is 24.3 Å². The number of nitrogens with two attached hydrogens (primary N) is 1. The quantitative estimate of drug-likeness (QED) is 0.746. The van der Waals surface area contributed by atoms with E-state index in [0.29, 0.717) is 0 Å². The molecule has 0 aliphatic carbocycles. The van der Waals surface area contributed by atoms with Crippen molar-refractivity contribution >= 4 is 5.69 Å². The van der Waals surface area contributed by atoms with Crippen LogP contribution in [0.2, 0.25) is 0 Å². The Morgan fingerprint density at radius 3 is 2.47 bits per heavy atom. The zero-order chi connectivity index (χ0) is 10.7. The molecule has 1 atom stereocenters. The molecule has 80 valence electrons. The summed E-state index contributed by atoms with van der Waals surface area (Å²) in [6, 6.07) is 8.70. The van der Waals surface area contributed by atoms with Gasteiger partial charge < -0.3 is 10.6 Å². The zero-order valence-corrected chi connectivity index (χ0v) is 9.19. The summed E-state index contributed by atoms with van der Waals surface area (Å²) in [5.74, 6) is 0. The SMILES string of the molecule is C[C@@H](N)c1ccc(N2CC=CCC2)cc1. The average Bonchev–Trinajstić information content (AvgIpc) is 2.30. The van der Waals surface area contributed by atoms with Crippen LogP contribution in [-0.2, 0) is 0 Å². The summed E-state index contributed by atoms with van der Waals surface area (Å²) in [6.07, 6.45) is 5.62. The van der Waals surface area contributed by atoms with Crippen molar-refractivity contribution in [2.75, 3.05) is 18.0 Å². The summed E-state index contributed by atoms with van der Waals surface area (Å²) < 4.78 is 0. The number of hydrogen-bond acceptors (Lipinski definition) is 2. The fourth-order valence-electron chi connectivity index (χ4n) is 1.86. The van der Waals surface area contributed by atoms with Gasteiger partial charge in [-0.3, -0.25) is 0 Å². The molecule has 1 aliphatic rings. The van der Waals surface area contributed by atoms with Crippen molar-refractivity contribution in [3.05, 3.63) is 42.0 Å². The Balaban J connectivity index is 2.12. The van der Waals surface area contributed by atoms with Crippen LogP contribution < -0.4 is 10.6 Å². The van der Waals surface area contributed by atoms with Gasteiger partial charge in [-0.25, -0.2) is 0 Å². The smallest absolute Gasteiger partial charge is 0.0369 e. The van der Waals surface area contributed by atoms with Gasteiger partial charge in [0.2, 0.25) is 0 Å². The lowest BCUT2D eigenvalue weighted by Gasteiger charge is -2.25. The second kappa shape index (κ2) is 4.49. The van der Waals surface area contributed by atoms with Crippen LogP contribution in [0.4, 0.5) is 5.69 Å². The molecule has 1 aromatic carbocycles. The normalized spacial score (nSPS) is 17.9. The standard InChI is InChI=1S/C13H18N2/c1-11(14)12-5-7-13(8-6-12)15-9-3-2-4-10-15/h2-3,5-8,11H,4,9-10,14H2,1H3/t11-/m1/s1. The lowest BCUT2D eigenvalue weighted by Crippen LogP contribution is -2.26. The van der Waals surface area contributed by atoms with E-state index in [1.807, 2.05) is 6.92 Å². The molecule has 0 bridgehead atoms. The van der Waals surface area contributed by atoms with Crippen LogP contribution in [0.3, 0.4) is 0 Å². The molecule has 0 saturated carbocycles. The Morgan fingerprint density at radius 1 is 1.20 bits per heavy atom. The van der Waals surface area contributed by atoms with Crippen molar-refractivity contribution in [3.8, 4) is 0 Å². The summed E-state index contributed by atoms with van der Waals surface area (Å²) in [5, 5.41) is 0. The maximum absolute atomic E-state index is 5.82. The Kier molecular flexibility index (Phi) is 3.07. The van der Waals surface area contributed by atoms with Gasteiger partial charge in [0, 0.05) is 24.8 Å². The van der Waals surface area contributed by atoms with Gasteiger partial charge >= 0.3 is 0 Å². The molecule has 2 N–H and O–H groups in total. The van der Waals surface area contributed by atoms with Gasteiger partial charge in [-0.15, -0.1) is 0 Å². The number of anilines is 1. The molecule has 15 heavy (non-hydrogen) atoms. The topological polar surface area (TPSA) is 29.3 Å². The largest absolute Gasteiger partial charge is 0.368 e. The maximum Gasteiger partial charge on any atom is 0.0369 e. The first-order chi connectivity index (χ1) is 7.27. The van der Waals surface area contributed by atoms with Crippen molar-refractivity contribution in [2.45, 2.75) is 19.4 Å². The molecule has 0 saturated heterocycles. The van der Waals surface area contributed by atoms with Crippen LogP contribution in [-0.4, -0.2) is 13.1 Å². The molecular formula is C13H18N2. The van der Waals surface area contributed by atoms with Crippen LogP contribution in [0.25, 0.3) is 0 Å². The summed E-state index contributed by atoms with van der Waals surface area (Å²) >= 11 is 0. The number of benzene rings is 1. The van der Waals surface area contributed by atoms with Gasteiger partial charge in [0.25, 0.3) is 0 Å². The molecular weight excluding hydrogens is 184 g/mol. The lowest BCUT2D eigenvalue weighted by molar-refractivity contribution is 0.807. The summed E-state index contributed by atoms with van der Waals surface area (Å²) in [6.45, 7) is 4.16. The van der Waals surface area contributed by atoms with Crippen LogP contribution in [0.5, 0.6) is 0 Å². The first-order valence-corrected chi connectivity index (χ1v) is 5.53. The summed E-state index contributed by atoms with van der Waals surface area (Å²) in [5.41, 5.74) is 8.31. The van der Waals surface area contributed by atoms with E-state index in [4.69, 9.17) is 5.73 Å². The predicted molar refractivity (Wildman–Crippen MR) is 65.0 cm³/mol. The Hall–Kier alpha value is -1.28. The fourth-order valence-corrected chi connectivity index (χ4v) is 1.86. The molecule has 0 radical (unpaired) electrons. The van der Waals surface area contributed by atoms with Crippen LogP contribution >= 0.6 is 0 Å². The van der Waals surface area contributed by atoms with Crippen molar-refractivity contribution in [2.24, 2.45) is 5.73 Å². The zero-order valence-electron chi connectivity index (χ0n) is 9.19. The summed E-state index contributed by atoms with van der Waals surface area (Å²) in [4.78, 5) is 2.38. The Morgan fingerprint density at radius 2 is 1.93 bits per heavy atom. The van der Waals surface area contributed by atoms with Crippen LogP contribution in [0.1, 0.15) is 24.9 Å². The minimum absolute atomic E-state index is 0.125. The predicted octanol–water partition coefficient (Wildman–Crippen LogP) is 2.47. The minimum Gasteiger partial charge on any atom is -0.368 e. The number of rotatable bonds is 2. The number of hydrogen-bond donors (Lipinski definition) is 1. The second-order valence-electron chi connectivity index (χ2n) is 4.09. The monoisotopic (exact) mass is 202 g/mol. The molecule has 1 aromatic rings. The Bertz CT molecular complexity index is 338. The second-order valence-corrected chi connectivity index (χ2v) is 4.09. The molecule has 2 rings (SSSR count). The third-order valence-electron chi connectivity index (χ3n) is 2.84. The van der Waals surface area contributed by atoms with E-state index in [9.17, 15) is 0 Å². The van der Waals surface area contributed by atoms with Gasteiger partial charge in [0.15, 0.2) is 0 Å². The number of nitrogens with zero attached hydrogens (tertiary/aromatic N) is 1. The highest BCUT2D eigenvalue weighted by Crippen LogP contribution is 2.19. The van der Waals surface area contributed by atoms with Crippen molar-refractivity contribution in [1.82, 2.24) is 0 Å². The lowest BCUT2D eigenvalue weighted by atomic mass is 10.1. The fraction of sp³-hybridized carbons (Fsp3) is 0.385. The highest BCUT2D eigenvalue weighted by molar-refractivity contribution is 5.49. The molecule has 0 unspecified atom stereocenters. The van der Waals surface area contributed by atoms with Crippen molar-refractivity contribution in [1.29, 1.82) is 0 Å². The average molecular weight is 202 g/mol. The van der Waals surface area contributed by atoms with E-state index in [1.54, 1.807) is 0 Å². The molecule has 1 heterocycles. The molecule has 0 spiro atoms. The van der Waals surface area contributed by atoms with E-state index in [0.717, 1.165) is 19.5 Å². The van der Waals surface area contributed by atoms with E-state index < -0.39 is 0 Å². The third kappa shape index (κ3) is 2.39. The van der Waals surface area contributed by atoms with Gasteiger partial charge in [0.1, 0.15) is 0 Å². The van der Waals surface area contributed by atoms with Crippen LogP contribution in [0, 0.1) is 0 Å². The summed E-state index contributed by atoms with van der Waals surface area (Å²) in [7, 11) is 0. The van der Waals surface area contributed by atoms with Crippen LogP contribution in [0.15, 0.2) is 36.4 Å². The first kappa shape index (κ1) is 10.2. The highest BCUT2D eigenvalue weighted by atomic mass is 15.1. The van der Waals surface area contributed by atoms with Gasteiger partial charge in [-0.05, 0) is 31.0 Å². The maximum atomic E-state index is 5.82. The van der Waals surface area contributed by atoms with E-state index in [-0.39, 0.29) is 6.04 Å². The first-order valence-electron chi connectivity index (χ1n) is 5.53. The van der Waals surface area contributed by atoms with E-state index in [1.165, 1.54) is 11.3 Å². The molecule has 1 aliphatic heterocycles. The molecule has 0 fully saturated rings. The minimum atomic E-state index is 0.125. The van der Waals surface area contributed by atoms with E-state index >= 15 is 0 Å². The van der Waals surface area contributed by atoms with E-state index in [2.05, 4.69) is 41.3 Å². The van der Waals surface area contributed by atoms with Gasteiger partial charge in [0.05, 0.1) is 0 Å². The molecule has 0 amide bonds. The molecule has 0 aromatic heterocycles. The Labute approximate surface area is 91.4 Å². The van der Waals surface area contributed by atoms with Crippen molar-refractivity contribution in [3.63, 3.8) is 0 Å². The third-order valence-corrected chi connectivity index (χ3v) is 2.84. The van der Waals surface area contributed by atoms with Gasteiger partial charge in [-0.2, -0.15) is 0 Å². The molecule has 2 heteroatoms. The molecule has 2 nitrogen and oxygen atoms in total.